The zero-order chi connectivity index (χ0) is 12.4. The van der Waals surface area contributed by atoms with E-state index in [4.69, 9.17) is 5.84 Å². The fourth-order valence-corrected chi connectivity index (χ4v) is 2.00. The van der Waals surface area contributed by atoms with Crippen molar-refractivity contribution in [2.45, 2.75) is 19.8 Å². The standard InChI is InChI=1S/C11H16F2N4/c1-7-2-4-17(5-3-7)11-9(13)6-8(12)10(15-11)16-14/h6-7H,2-5,14H2,1H3,(H,15,16). The van der Waals surface area contributed by atoms with E-state index in [1.807, 2.05) is 4.90 Å². The minimum atomic E-state index is -0.779. The first kappa shape index (κ1) is 12.0. The summed E-state index contributed by atoms with van der Waals surface area (Å²) in [6.45, 7) is 3.64. The van der Waals surface area contributed by atoms with Crippen LogP contribution in [0.25, 0.3) is 0 Å². The highest BCUT2D eigenvalue weighted by Gasteiger charge is 2.21. The van der Waals surface area contributed by atoms with Gasteiger partial charge in [0.15, 0.2) is 23.3 Å². The third-order valence-electron chi connectivity index (χ3n) is 3.13. The van der Waals surface area contributed by atoms with Gasteiger partial charge < -0.3 is 10.3 Å². The molecule has 94 valence electrons. The van der Waals surface area contributed by atoms with Crippen LogP contribution in [0.4, 0.5) is 20.4 Å². The third-order valence-corrected chi connectivity index (χ3v) is 3.13. The van der Waals surface area contributed by atoms with Crippen molar-refractivity contribution in [3.05, 3.63) is 17.7 Å². The number of hydrogen-bond acceptors (Lipinski definition) is 4. The molecule has 1 aliphatic heterocycles. The molecule has 3 N–H and O–H groups in total. The van der Waals surface area contributed by atoms with Crippen LogP contribution in [0.5, 0.6) is 0 Å². The highest BCUT2D eigenvalue weighted by Crippen LogP contribution is 2.26. The van der Waals surface area contributed by atoms with Crippen LogP contribution >= 0.6 is 0 Å². The van der Waals surface area contributed by atoms with Crippen LogP contribution in [0.3, 0.4) is 0 Å². The number of rotatable bonds is 2. The second-order valence-electron chi connectivity index (χ2n) is 4.44. The molecule has 1 fully saturated rings. The second kappa shape index (κ2) is 4.83. The van der Waals surface area contributed by atoms with Crippen LogP contribution in [0, 0.1) is 17.6 Å². The number of hydrazine groups is 1. The summed E-state index contributed by atoms with van der Waals surface area (Å²) in [5.41, 5.74) is 2.13. The van der Waals surface area contributed by atoms with Gasteiger partial charge in [-0.15, -0.1) is 0 Å². The maximum Gasteiger partial charge on any atom is 0.178 e. The van der Waals surface area contributed by atoms with E-state index in [1.54, 1.807) is 0 Å². The van der Waals surface area contributed by atoms with Crippen LogP contribution in [0.1, 0.15) is 19.8 Å². The average Bonchev–Trinajstić information content (AvgIpc) is 2.31. The van der Waals surface area contributed by atoms with Gasteiger partial charge in [0.25, 0.3) is 0 Å². The number of nitrogens with one attached hydrogen (secondary N) is 1. The largest absolute Gasteiger partial charge is 0.354 e. The summed E-state index contributed by atoms with van der Waals surface area (Å²) < 4.78 is 26.8. The van der Waals surface area contributed by atoms with E-state index >= 15 is 0 Å². The van der Waals surface area contributed by atoms with E-state index in [0.29, 0.717) is 5.92 Å². The Morgan fingerprint density at radius 3 is 2.59 bits per heavy atom. The molecule has 0 amide bonds. The molecule has 1 aromatic heterocycles. The van der Waals surface area contributed by atoms with Gasteiger partial charge >= 0.3 is 0 Å². The Morgan fingerprint density at radius 2 is 2.00 bits per heavy atom. The molecule has 4 nitrogen and oxygen atoms in total. The normalized spacial score (nSPS) is 17.3. The molecule has 0 atom stereocenters. The lowest BCUT2D eigenvalue weighted by Gasteiger charge is -2.31. The van der Waals surface area contributed by atoms with Crippen LogP contribution in [-0.4, -0.2) is 18.1 Å². The minimum absolute atomic E-state index is 0.125. The second-order valence-corrected chi connectivity index (χ2v) is 4.44. The maximum atomic E-state index is 13.6. The monoisotopic (exact) mass is 242 g/mol. The van der Waals surface area contributed by atoms with Crippen molar-refractivity contribution < 1.29 is 8.78 Å². The molecule has 0 saturated carbocycles. The van der Waals surface area contributed by atoms with Crippen molar-refractivity contribution in [1.82, 2.24) is 4.98 Å². The minimum Gasteiger partial charge on any atom is -0.354 e. The fourth-order valence-electron chi connectivity index (χ4n) is 2.00. The predicted molar refractivity (Wildman–Crippen MR) is 62.6 cm³/mol. The molecule has 0 radical (unpaired) electrons. The number of hydrogen-bond donors (Lipinski definition) is 2. The molecule has 0 spiro atoms. The van der Waals surface area contributed by atoms with Crippen molar-refractivity contribution in [3.63, 3.8) is 0 Å². The van der Waals surface area contributed by atoms with E-state index in [2.05, 4.69) is 17.3 Å². The van der Waals surface area contributed by atoms with Gasteiger partial charge in [-0.25, -0.2) is 19.6 Å². The molecule has 0 aromatic carbocycles. The van der Waals surface area contributed by atoms with Gasteiger partial charge in [-0.05, 0) is 18.8 Å². The lowest BCUT2D eigenvalue weighted by atomic mass is 9.99. The Balaban J connectivity index is 2.25. The number of nitrogens with two attached hydrogens (primary N) is 1. The summed E-state index contributed by atoms with van der Waals surface area (Å²) in [5.74, 6) is 4.39. The first-order valence-electron chi connectivity index (χ1n) is 5.69. The van der Waals surface area contributed by atoms with Gasteiger partial charge in [-0.2, -0.15) is 0 Å². The molecule has 0 unspecified atom stereocenters. The molecule has 2 rings (SSSR count). The van der Waals surface area contributed by atoms with E-state index in [1.165, 1.54) is 0 Å². The summed E-state index contributed by atoms with van der Waals surface area (Å²) in [6, 6.07) is 0.815. The number of piperidine rings is 1. The summed E-state index contributed by atoms with van der Waals surface area (Å²) in [6.07, 6.45) is 1.98. The molecule has 1 aliphatic rings. The van der Waals surface area contributed by atoms with Gasteiger partial charge in [0.2, 0.25) is 0 Å². The quantitative estimate of drug-likeness (QED) is 0.614. The van der Waals surface area contributed by atoms with Gasteiger partial charge in [-0.1, -0.05) is 6.92 Å². The highest BCUT2D eigenvalue weighted by molar-refractivity contribution is 5.49. The molecular formula is C11H16F2N4. The topological polar surface area (TPSA) is 54.2 Å². The van der Waals surface area contributed by atoms with Gasteiger partial charge in [0.1, 0.15) is 0 Å². The Labute approximate surface area is 98.8 Å². The van der Waals surface area contributed by atoms with E-state index in [9.17, 15) is 8.78 Å². The predicted octanol–water partition coefficient (Wildman–Crippen LogP) is 1.88. The van der Waals surface area contributed by atoms with Crippen LogP contribution < -0.4 is 16.2 Å². The summed E-state index contributed by atoms with van der Waals surface area (Å²) in [7, 11) is 0. The zero-order valence-electron chi connectivity index (χ0n) is 9.71. The average molecular weight is 242 g/mol. The Kier molecular flexibility index (Phi) is 3.42. The number of pyridine rings is 1. The SMILES string of the molecule is CC1CCN(c2nc(NN)c(F)cc2F)CC1. The van der Waals surface area contributed by atoms with Crippen LogP contribution in [-0.2, 0) is 0 Å². The van der Waals surface area contributed by atoms with Gasteiger partial charge in [-0.3, -0.25) is 0 Å². The number of nitrogen functional groups attached to an aromatic ring is 1. The van der Waals surface area contributed by atoms with E-state index in [0.717, 1.165) is 32.0 Å². The molecule has 1 aromatic rings. The molecule has 0 aliphatic carbocycles. The smallest absolute Gasteiger partial charge is 0.178 e. The number of nitrogens with zero attached hydrogens (tertiary/aromatic N) is 2. The third kappa shape index (κ3) is 2.46. The summed E-state index contributed by atoms with van der Waals surface area (Å²) >= 11 is 0. The Morgan fingerprint density at radius 1 is 1.35 bits per heavy atom. The van der Waals surface area contributed by atoms with Crippen LogP contribution in [0.15, 0.2) is 6.07 Å². The van der Waals surface area contributed by atoms with Gasteiger partial charge in [0.05, 0.1) is 0 Å². The zero-order valence-corrected chi connectivity index (χ0v) is 9.71. The van der Waals surface area contributed by atoms with Gasteiger partial charge in [0, 0.05) is 19.2 Å². The molecule has 17 heavy (non-hydrogen) atoms. The summed E-state index contributed by atoms with van der Waals surface area (Å²) in [4.78, 5) is 5.71. The van der Waals surface area contributed by atoms with Crippen LogP contribution in [0.2, 0.25) is 0 Å². The maximum absolute atomic E-state index is 13.6. The van der Waals surface area contributed by atoms with E-state index in [-0.39, 0.29) is 11.6 Å². The van der Waals surface area contributed by atoms with E-state index < -0.39 is 11.6 Å². The summed E-state index contributed by atoms with van der Waals surface area (Å²) in [5, 5.41) is 0. The molecule has 6 heteroatoms. The van der Waals surface area contributed by atoms with Crippen molar-refractivity contribution >= 4 is 11.6 Å². The van der Waals surface area contributed by atoms with Crippen molar-refractivity contribution in [3.8, 4) is 0 Å². The number of halogens is 2. The van der Waals surface area contributed by atoms with Crippen molar-refractivity contribution in [2.24, 2.45) is 11.8 Å². The fraction of sp³-hybridized carbons (Fsp3) is 0.545. The molecule has 2 heterocycles. The molecular weight excluding hydrogens is 226 g/mol. The number of anilines is 2. The highest BCUT2D eigenvalue weighted by atomic mass is 19.1. The Bertz CT molecular complexity index is 403. The first-order chi connectivity index (χ1) is 8.11. The molecule has 1 saturated heterocycles. The van der Waals surface area contributed by atoms with Crippen molar-refractivity contribution in [1.29, 1.82) is 0 Å². The molecule has 0 bridgehead atoms. The number of aromatic nitrogens is 1. The Hall–Kier alpha value is -1.43. The first-order valence-corrected chi connectivity index (χ1v) is 5.69. The lowest BCUT2D eigenvalue weighted by molar-refractivity contribution is 0.431. The lowest BCUT2D eigenvalue weighted by Crippen LogP contribution is -2.34. The van der Waals surface area contributed by atoms with Crippen molar-refractivity contribution in [2.75, 3.05) is 23.4 Å².